The van der Waals surface area contributed by atoms with E-state index < -0.39 is 18.3 Å². The summed E-state index contributed by atoms with van der Waals surface area (Å²) < 4.78 is 29.6. The topological polar surface area (TPSA) is 49.2 Å². The van der Waals surface area contributed by atoms with Crippen LogP contribution in [0.5, 0.6) is 0 Å². The van der Waals surface area contributed by atoms with Crippen LogP contribution in [0.15, 0.2) is 35.5 Å². The third-order valence-corrected chi connectivity index (χ3v) is 4.34. The van der Waals surface area contributed by atoms with Crippen LogP contribution in [0.1, 0.15) is 30.4 Å². The van der Waals surface area contributed by atoms with Crippen LogP contribution in [0.3, 0.4) is 0 Å². The van der Waals surface area contributed by atoms with Crippen LogP contribution >= 0.6 is 15.9 Å². The Labute approximate surface area is 135 Å². The van der Waals surface area contributed by atoms with Crippen LogP contribution < -0.4 is 5.46 Å². The van der Waals surface area contributed by atoms with E-state index >= 15 is 0 Å². The van der Waals surface area contributed by atoms with Crippen molar-refractivity contribution in [1.82, 2.24) is 14.5 Å². The molecule has 3 heterocycles. The minimum absolute atomic E-state index is 0.0326. The lowest BCUT2D eigenvalue weighted by atomic mass is 9.80. The first-order chi connectivity index (χ1) is 10.6. The van der Waals surface area contributed by atoms with E-state index in [4.69, 9.17) is 12.1 Å². The molecule has 0 radical (unpaired) electrons. The van der Waals surface area contributed by atoms with Gasteiger partial charge in [-0.05, 0) is 49.7 Å². The molecule has 2 aromatic heterocycles. The molecule has 0 amide bonds. The van der Waals surface area contributed by atoms with Crippen molar-refractivity contribution in [3.05, 3.63) is 35.5 Å². The quantitative estimate of drug-likeness (QED) is 0.779. The van der Waals surface area contributed by atoms with Gasteiger partial charge in [-0.25, -0.2) is 4.98 Å². The average Bonchev–Trinajstić information content (AvgIpc) is 2.83. The summed E-state index contributed by atoms with van der Waals surface area (Å²) in [6, 6.07) is 1.80. The van der Waals surface area contributed by atoms with Gasteiger partial charge in [-0.15, -0.1) is 0 Å². The molecule has 0 saturated carbocycles. The molecule has 1 aliphatic rings. The van der Waals surface area contributed by atoms with Crippen molar-refractivity contribution in [3.8, 4) is 5.69 Å². The second-order valence-electron chi connectivity index (χ2n) is 6.01. The standard InChI is InChI=1S/C14H17BBrN3O2/c1-13(2)14(3,4)21-15(20-13)10-5-11(7-17-6-10)19-8-12(16)18-9-19/h5-9H,1-4H3/i8D,9D. The predicted molar refractivity (Wildman–Crippen MR) is 84.8 cm³/mol. The first-order valence-electron chi connectivity index (χ1n) is 7.65. The number of aromatic nitrogens is 3. The van der Waals surface area contributed by atoms with Crippen LogP contribution in [0.2, 0.25) is 0 Å². The van der Waals surface area contributed by atoms with Gasteiger partial charge in [0, 0.05) is 17.8 Å². The molecule has 21 heavy (non-hydrogen) atoms. The molecule has 0 aliphatic carbocycles. The molecule has 0 bridgehead atoms. The number of halogens is 1. The molecule has 3 rings (SSSR count). The number of imidazole rings is 1. The highest BCUT2D eigenvalue weighted by Crippen LogP contribution is 2.36. The molecule has 110 valence electrons. The Hall–Kier alpha value is -1.18. The molecule has 1 aliphatic heterocycles. The van der Waals surface area contributed by atoms with Crippen molar-refractivity contribution in [1.29, 1.82) is 0 Å². The lowest BCUT2D eigenvalue weighted by molar-refractivity contribution is 0.00578. The second-order valence-corrected chi connectivity index (χ2v) is 6.77. The van der Waals surface area contributed by atoms with Crippen molar-refractivity contribution in [2.45, 2.75) is 38.9 Å². The summed E-state index contributed by atoms with van der Waals surface area (Å²) in [5.41, 5.74) is 0.440. The lowest BCUT2D eigenvalue weighted by Gasteiger charge is -2.32. The van der Waals surface area contributed by atoms with E-state index in [1.165, 1.54) is 4.57 Å². The van der Waals surface area contributed by atoms with E-state index in [1.54, 1.807) is 18.5 Å². The molecule has 2 aromatic rings. The van der Waals surface area contributed by atoms with Crippen molar-refractivity contribution in [3.63, 3.8) is 0 Å². The largest absolute Gasteiger partial charge is 0.496 e. The Morgan fingerprint density at radius 1 is 1.24 bits per heavy atom. The fourth-order valence-corrected chi connectivity index (χ4v) is 2.29. The van der Waals surface area contributed by atoms with Crippen LogP contribution in [-0.2, 0) is 9.31 Å². The molecule has 0 unspecified atom stereocenters. The molecular formula is C14H17BBrN3O2. The zero-order valence-electron chi connectivity index (χ0n) is 14.3. The lowest BCUT2D eigenvalue weighted by Crippen LogP contribution is -2.41. The molecule has 0 spiro atoms. The molecule has 1 saturated heterocycles. The Bertz CT molecular complexity index is 750. The van der Waals surface area contributed by atoms with Crippen molar-refractivity contribution in [2.75, 3.05) is 0 Å². The summed E-state index contributed by atoms with van der Waals surface area (Å²) >= 11 is 3.17. The first kappa shape index (κ1) is 12.4. The van der Waals surface area contributed by atoms with Gasteiger partial charge in [0.2, 0.25) is 0 Å². The zero-order valence-corrected chi connectivity index (χ0v) is 13.9. The Morgan fingerprint density at radius 2 is 1.90 bits per heavy atom. The monoisotopic (exact) mass is 351 g/mol. The normalized spacial score (nSPS) is 21.3. The maximum atomic E-state index is 8.00. The molecule has 0 aromatic carbocycles. The number of hydrogen-bond acceptors (Lipinski definition) is 4. The van der Waals surface area contributed by atoms with E-state index in [9.17, 15) is 0 Å². The maximum absolute atomic E-state index is 8.00. The van der Waals surface area contributed by atoms with Gasteiger partial charge in [-0.2, -0.15) is 0 Å². The molecular weight excluding hydrogens is 333 g/mol. The number of nitrogens with zero attached hydrogens (tertiary/aromatic N) is 3. The summed E-state index contributed by atoms with van der Waals surface area (Å²) in [6.45, 7) is 7.95. The van der Waals surface area contributed by atoms with Crippen molar-refractivity contribution in [2.24, 2.45) is 0 Å². The fraction of sp³-hybridized carbons (Fsp3) is 0.429. The van der Waals surface area contributed by atoms with Crippen molar-refractivity contribution >= 4 is 28.5 Å². The average molecular weight is 352 g/mol. The van der Waals surface area contributed by atoms with Gasteiger partial charge < -0.3 is 13.9 Å². The van der Waals surface area contributed by atoms with E-state index in [-0.39, 0.29) is 12.5 Å². The Kier molecular flexibility index (Phi) is 2.91. The fourth-order valence-electron chi connectivity index (χ4n) is 2.03. The molecule has 0 N–H and O–H groups in total. The van der Waals surface area contributed by atoms with Gasteiger partial charge >= 0.3 is 7.12 Å². The Morgan fingerprint density at radius 3 is 2.48 bits per heavy atom. The highest BCUT2D eigenvalue weighted by Gasteiger charge is 2.51. The van der Waals surface area contributed by atoms with E-state index in [1.807, 2.05) is 27.7 Å². The van der Waals surface area contributed by atoms with Gasteiger partial charge in [0.15, 0.2) is 0 Å². The third-order valence-electron chi connectivity index (χ3n) is 3.98. The molecule has 7 heteroatoms. The van der Waals surface area contributed by atoms with Gasteiger partial charge in [0.1, 0.15) is 12.3 Å². The summed E-state index contributed by atoms with van der Waals surface area (Å²) in [6.07, 6.45) is 3.32. The molecule has 5 nitrogen and oxygen atoms in total. The smallest absolute Gasteiger partial charge is 0.399 e. The SMILES string of the molecule is [2H]c1nc(Br)c([2H])n1-c1cncc(B2OC(C)(C)C(C)(C)O2)c1. The van der Waals surface area contributed by atoms with Gasteiger partial charge in [-0.1, -0.05) is 0 Å². The Balaban J connectivity index is 1.99. The minimum atomic E-state index is -0.539. The van der Waals surface area contributed by atoms with E-state index in [0.717, 1.165) is 5.46 Å². The third kappa shape index (κ3) is 2.65. The highest BCUT2D eigenvalue weighted by atomic mass is 79.9. The zero-order chi connectivity index (χ0) is 17.0. The van der Waals surface area contributed by atoms with Gasteiger partial charge in [-0.3, -0.25) is 4.98 Å². The van der Waals surface area contributed by atoms with Crippen LogP contribution in [0.4, 0.5) is 0 Å². The van der Waals surface area contributed by atoms with E-state index in [2.05, 4.69) is 25.9 Å². The molecule has 1 fully saturated rings. The second kappa shape index (κ2) is 4.93. The van der Waals surface area contributed by atoms with Crippen molar-refractivity contribution < 1.29 is 12.1 Å². The predicted octanol–water partition coefficient (Wildman–Crippen LogP) is 2.33. The highest BCUT2D eigenvalue weighted by molar-refractivity contribution is 9.10. The first-order valence-corrected chi connectivity index (χ1v) is 7.44. The van der Waals surface area contributed by atoms with Crippen LogP contribution in [-0.4, -0.2) is 32.9 Å². The van der Waals surface area contributed by atoms with Gasteiger partial charge in [0.05, 0.1) is 24.5 Å². The maximum Gasteiger partial charge on any atom is 0.496 e. The number of rotatable bonds is 2. The number of hydrogen-bond donors (Lipinski definition) is 0. The summed E-state index contributed by atoms with van der Waals surface area (Å²) in [5, 5.41) is 0. The summed E-state index contributed by atoms with van der Waals surface area (Å²) in [7, 11) is -0.539. The number of pyridine rings is 1. The van der Waals surface area contributed by atoms with Crippen LogP contribution in [0, 0.1) is 0 Å². The van der Waals surface area contributed by atoms with Crippen LogP contribution in [0.25, 0.3) is 5.69 Å². The summed E-state index contributed by atoms with van der Waals surface area (Å²) in [4.78, 5) is 8.13. The van der Waals surface area contributed by atoms with Gasteiger partial charge in [0.25, 0.3) is 0 Å². The summed E-state index contributed by atoms with van der Waals surface area (Å²) in [5.74, 6) is 0. The van der Waals surface area contributed by atoms with E-state index in [0.29, 0.717) is 10.3 Å². The molecule has 0 atom stereocenters. The minimum Gasteiger partial charge on any atom is -0.399 e.